The highest BCUT2D eigenvalue weighted by atomic mass is 16.6. The van der Waals surface area contributed by atoms with E-state index < -0.39 is 6.10 Å². The summed E-state index contributed by atoms with van der Waals surface area (Å²) in [4.78, 5) is 37.7. The Hall–Kier alpha value is -4.45. The van der Waals surface area contributed by atoms with Gasteiger partial charge >= 0.3 is 17.9 Å². The number of allylic oxidation sites excluding steroid dienone is 22. The Kier molecular flexibility index (Phi) is 51.5. The highest BCUT2D eigenvalue weighted by molar-refractivity contribution is 5.71. The molecular weight excluding hydrogens is 841 g/mol. The highest BCUT2D eigenvalue weighted by Gasteiger charge is 2.19. The molecule has 0 amide bonds. The molecule has 1 unspecified atom stereocenters. The molecule has 382 valence electrons. The molecular formula is C62H98O6. The number of carbonyl (C=O) groups excluding carboxylic acids is 3. The standard InChI is InChI=1S/C62H98O6/c1-4-7-10-13-15-17-19-21-23-25-26-27-28-29-30-31-32-33-34-35-36-37-39-40-42-44-46-49-52-55-61(64)67-58-59(57-66-60(63)54-51-48-12-9-6-3)68-62(65)56-53-50-47-45-43-41-38-24-22-20-18-16-14-11-8-5-2/h7,10,15,17-18,20-21,23-24,26-27,29-30,32-33,35-36,38-40,44,46,59H,4-6,8-9,11-14,16,19,22,25,28,31,34,37,41-43,45,47-58H2,1-3H3/b10-7-,17-15-,20-18-,23-21-,27-26-,30-29-,33-32-,36-35-,38-24-,40-39-,46-44-. The molecule has 0 heterocycles. The zero-order chi connectivity index (χ0) is 49.3. The summed E-state index contributed by atoms with van der Waals surface area (Å²) in [6.07, 6.45) is 77.7. The van der Waals surface area contributed by atoms with Crippen LogP contribution < -0.4 is 0 Å². The van der Waals surface area contributed by atoms with Gasteiger partial charge in [0.2, 0.25) is 0 Å². The van der Waals surface area contributed by atoms with E-state index in [1.807, 2.05) is 0 Å². The van der Waals surface area contributed by atoms with Crippen LogP contribution in [0.1, 0.15) is 220 Å². The van der Waals surface area contributed by atoms with Crippen molar-refractivity contribution in [1.29, 1.82) is 0 Å². The second-order valence-corrected chi connectivity index (χ2v) is 17.4. The first-order chi connectivity index (χ1) is 33.5. The Morgan fingerprint density at radius 1 is 0.309 bits per heavy atom. The Balaban J connectivity index is 4.28. The quantitative estimate of drug-likeness (QED) is 0.0262. The monoisotopic (exact) mass is 939 g/mol. The predicted molar refractivity (Wildman–Crippen MR) is 292 cm³/mol. The molecule has 0 radical (unpaired) electrons. The summed E-state index contributed by atoms with van der Waals surface area (Å²) in [5, 5.41) is 0. The van der Waals surface area contributed by atoms with Crippen LogP contribution in [0.5, 0.6) is 0 Å². The molecule has 0 spiro atoms. The lowest BCUT2D eigenvalue weighted by Crippen LogP contribution is -2.30. The predicted octanol–water partition coefficient (Wildman–Crippen LogP) is 18.3. The number of hydrogen-bond donors (Lipinski definition) is 0. The van der Waals surface area contributed by atoms with E-state index in [1.165, 1.54) is 32.1 Å². The fourth-order valence-corrected chi connectivity index (χ4v) is 6.82. The van der Waals surface area contributed by atoms with Gasteiger partial charge in [0.1, 0.15) is 13.2 Å². The lowest BCUT2D eigenvalue weighted by Gasteiger charge is -2.18. The molecule has 0 aromatic carbocycles. The van der Waals surface area contributed by atoms with Gasteiger partial charge in [0.05, 0.1) is 0 Å². The maximum absolute atomic E-state index is 12.7. The number of hydrogen-bond acceptors (Lipinski definition) is 6. The Morgan fingerprint density at radius 3 is 0.971 bits per heavy atom. The summed E-state index contributed by atoms with van der Waals surface area (Å²) in [6, 6.07) is 0. The number of unbranched alkanes of at least 4 members (excludes halogenated alkanes) is 14. The molecule has 0 aromatic rings. The summed E-state index contributed by atoms with van der Waals surface area (Å²) in [5.41, 5.74) is 0. The van der Waals surface area contributed by atoms with Gasteiger partial charge in [0, 0.05) is 19.3 Å². The largest absolute Gasteiger partial charge is 0.462 e. The van der Waals surface area contributed by atoms with E-state index in [0.717, 1.165) is 141 Å². The van der Waals surface area contributed by atoms with Gasteiger partial charge in [0.15, 0.2) is 6.10 Å². The van der Waals surface area contributed by atoms with E-state index in [2.05, 4.69) is 154 Å². The number of esters is 3. The van der Waals surface area contributed by atoms with Crippen molar-refractivity contribution in [3.8, 4) is 0 Å². The zero-order valence-corrected chi connectivity index (χ0v) is 43.6. The van der Waals surface area contributed by atoms with E-state index in [1.54, 1.807) is 0 Å². The van der Waals surface area contributed by atoms with E-state index in [0.29, 0.717) is 19.3 Å². The minimum absolute atomic E-state index is 0.107. The molecule has 68 heavy (non-hydrogen) atoms. The summed E-state index contributed by atoms with van der Waals surface area (Å²) in [5.74, 6) is -1.01. The van der Waals surface area contributed by atoms with Gasteiger partial charge in [0.25, 0.3) is 0 Å². The number of ether oxygens (including phenoxy) is 3. The second kappa shape index (κ2) is 55.1. The van der Waals surface area contributed by atoms with Gasteiger partial charge in [-0.25, -0.2) is 0 Å². The highest BCUT2D eigenvalue weighted by Crippen LogP contribution is 2.12. The molecule has 0 saturated heterocycles. The lowest BCUT2D eigenvalue weighted by molar-refractivity contribution is -0.167. The first-order valence-electron chi connectivity index (χ1n) is 27.2. The van der Waals surface area contributed by atoms with Crippen LogP contribution in [-0.4, -0.2) is 37.2 Å². The molecule has 0 aromatic heterocycles. The minimum atomic E-state index is -0.809. The smallest absolute Gasteiger partial charge is 0.306 e. The maximum Gasteiger partial charge on any atom is 0.306 e. The minimum Gasteiger partial charge on any atom is -0.462 e. The fraction of sp³-hybridized carbons (Fsp3) is 0.597. The van der Waals surface area contributed by atoms with Crippen LogP contribution in [0.2, 0.25) is 0 Å². The van der Waals surface area contributed by atoms with Crippen molar-refractivity contribution in [2.75, 3.05) is 13.2 Å². The van der Waals surface area contributed by atoms with Gasteiger partial charge in [-0.1, -0.05) is 219 Å². The van der Waals surface area contributed by atoms with Crippen molar-refractivity contribution in [2.45, 2.75) is 226 Å². The van der Waals surface area contributed by atoms with Crippen molar-refractivity contribution in [3.05, 3.63) is 134 Å². The van der Waals surface area contributed by atoms with Crippen LogP contribution in [0.3, 0.4) is 0 Å². The normalized spacial score (nSPS) is 13.2. The SMILES string of the molecule is CC/C=C\C/C=C\C/C=C\C/C=C\C/C=C\C/C=C\C/C=C\C/C=C\C/C=C\CCCC(=O)OCC(COC(=O)CCCCCCC)OC(=O)CCCCCCC/C=C\C/C=C\CCCCCC. The van der Waals surface area contributed by atoms with Gasteiger partial charge in [-0.05, 0) is 116 Å². The molecule has 0 aliphatic carbocycles. The van der Waals surface area contributed by atoms with Crippen molar-refractivity contribution in [1.82, 2.24) is 0 Å². The molecule has 0 N–H and O–H groups in total. The molecule has 0 aliphatic rings. The van der Waals surface area contributed by atoms with Crippen LogP contribution in [0.25, 0.3) is 0 Å². The van der Waals surface area contributed by atoms with Crippen LogP contribution in [0.4, 0.5) is 0 Å². The van der Waals surface area contributed by atoms with Crippen molar-refractivity contribution in [2.24, 2.45) is 0 Å². The Morgan fingerprint density at radius 2 is 0.588 bits per heavy atom. The molecule has 0 saturated carbocycles. The molecule has 0 rings (SSSR count). The first kappa shape index (κ1) is 63.5. The average Bonchev–Trinajstić information content (AvgIpc) is 3.34. The van der Waals surface area contributed by atoms with Crippen molar-refractivity contribution in [3.63, 3.8) is 0 Å². The summed E-state index contributed by atoms with van der Waals surface area (Å²) in [7, 11) is 0. The zero-order valence-electron chi connectivity index (χ0n) is 43.6. The molecule has 6 nitrogen and oxygen atoms in total. The third kappa shape index (κ3) is 52.5. The van der Waals surface area contributed by atoms with Crippen LogP contribution in [-0.2, 0) is 28.6 Å². The van der Waals surface area contributed by atoms with Gasteiger partial charge in [-0.3, -0.25) is 14.4 Å². The topological polar surface area (TPSA) is 78.9 Å². The van der Waals surface area contributed by atoms with E-state index >= 15 is 0 Å². The third-order valence-electron chi connectivity index (χ3n) is 10.9. The fourth-order valence-electron chi connectivity index (χ4n) is 6.82. The van der Waals surface area contributed by atoms with Crippen LogP contribution in [0, 0.1) is 0 Å². The molecule has 0 aliphatic heterocycles. The third-order valence-corrected chi connectivity index (χ3v) is 10.9. The number of rotatable bonds is 47. The lowest BCUT2D eigenvalue weighted by atomic mass is 10.1. The maximum atomic E-state index is 12.7. The van der Waals surface area contributed by atoms with Gasteiger partial charge in [-0.15, -0.1) is 0 Å². The summed E-state index contributed by atoms with van der Waals surface area (Å²) >= 11 is 0. The Labute approximate surface area is 417 Å². The average molecular weight is 939 g/mol. The molecule has 6 heteroatoms. The molecule has 1 atom stereocenters. The van der Waals surface area contributed by atoms with Gasteiger partial charge < -0.3 is 14.2 Å². The van der Waals surface area contributed by atoms with E-state index in [9.17, 15) is 14.4 Å². The van der Waals surface area contributed by atoms with Crippen molar-refractivity contribution < 1.29 is 28.6 Å². The van der Waals surface area contributed by atoms with Crippen LogP contribution in [0.15, 0.2) is 134 Å². The second-order valence-electron chi connectivity index (χ2n) is 17.4. The van der Waals surface area contributed by atoms with Crippen LogP contribution >= 0.6 is 0 Å². The first-order valence-corrected chi connectivity index (χ1v) is 27.2. The Bertz CT molecular complexity index is 1500. The van der Waals surface area contributed by atoms with E-state index in [-0.39, 0.29) is 37.5 Å². The number of carbonyl (C=O) groups is 3. The summed E-state index contributed by atoms with van der Waals surface area (Å²) in [6.45, 7) is 6.34. The van der Waals surface area contributed by atoms with Crippen molar-refractivity contribution >= 4 is 17.9 Å². The molecule has 0 bridgehead atoms. The molecule has 0 fully saturated rings. The summed E-state index contributed by atoms with van der Waals surface area (Å²) < 4.78 is 16.6. The van der Waals surface area contributed by atoms with Gasteiger partial charge in [-0.2, -0.15) is 0 Å². The van der Waals surface area contributed by atoms with E-state index in [4.69, 9.17) is 14.2 Å².